The van der Waals surface area contributed by atoms with Crippen molar-refractivity contribution in [2.75, 3.05) is 0 Å². The van der Waals surface area contributed by atoms with Gasteiger partial charge in [0.05, 0.1) is 11.4 Å². The Morgan fingerprint density at radius 2 is 2.00 bits per heavy atom. The van der Waals surface area contributed by atoms with Crippen LogP contribution in [0.1, 0.15) is 26.1 Å². The number of nitrogens with zero attached hydrogens (tertiary/aromatic N) is 4. The Labute approximate surface area is 140 Å². The second-order valence-corrected chi connectivity index (χ2v) is 6.09. The number of rotatable bonds is 4. The van der Waals surface area contributed by atoms with Gasteiger partial charge in [0.1, 0.15) is 21.4 Å². The van der Waals surface area contributed by atoms with Gasteiger partial charge >= 0.3 is 5.97 Å². The smallest absolute Gasteiger partial charge is 0.347 e. The summed E-state index contributed by atoms with van der Waals surface area (Å²) < 4.78 is 14.7. The van der Waals surface area contributed by atoms with E-state index >= 15 is 0 Å². The second-order valence-electron chi connectivity index (χ2n) is 5.06. The molecule has 0 bridgehead atoms. The summed E-state index contributed by atoms with van der Waals surface area (Å²) in [5.74, 6) is -1.31. The van der Waals surface area contributed by atoms with E-state index < -0.39 is 5.97 Å². The molecule has 0 aliphatic heterocycles. The van der Waals surface area contributed by atoms with E-state index in [0.29, 0.717) is 22.1 Å². The highest BCUT2D eigenvalue weighted by atomic mass is 32.1. The first-order valence-electron chi connectivity index (χ1n) is 7.00. The van der Waals surface area contributed by atoms with Gasteiger partial charge in [-0.2, -0.15) is 0 Å². The van der Waals surface area contributed by atoms with Crippen molar-refractivity contribution in [2.45, 2.75) is 6.92 Å². The van der Waals surface area contributed by atoms with Crippen LogP contribution in [0.5, 0.6) is 0 Å². The van der Waals surface area contributed by atoms with Gasteiger partial charge in [-0.15, -0.1) is 16.4 Å². The molecule has 0 spiro atoms. The predicted molar refractivity (Wildman–Crippen MR) is 89.1 cm³/mol. The zero-order valence-corrected chi connectivity index (χ0v) is 13.7. The maximum Gasteiger partial charge on any atom is 0.347 e. The number of aromatic carboxylic acids is 1. The Kier molecular flexibility index (Phi) is 4.22. The topological polar surface area (TPSA) is 80.9 Å². The fourth-order valence-corrected chi connectivity index (χ4v) is 3.01. The Hall–Kier alpha value is -2.87. The summed E-state index contributed by atoms with van der Waals surface area (Å²) in [7, 11) is 1.75. The van der Waals surface area contributed by atoms with Crippen LogP contribution in [0, 0.1) is 12.7 Å². The van der Waals surface area contributed by atoms with E-state index in [1.54, 1.807) is 42.9 Å². The van der Waals surface area contributed by atoms with Crippen molar-refractivity contribution in [1.82, 2.24) is 20.0 Å². The average molecular weight is 344 g/mol. The molecule has 3 rings (SSSR count). The second kappa shape index (κ2) is 6.32. The average Bonchev–Trinajstić information content (AvgIpc) is 3.09. The van der Waals surface area contributed by atoms with E-state index in [2.05, 4.69) is 15.3 Å². The minimum atomic E-state index is -0.987. The van der Waals surface area contributed by atoms with Crippen LogP contribution in [0.4, 0.5) is 4.39 Å². The Morgan fingerprint density at radius 3 is 2.62 bits per heavy atom. The quantitative estimate of drug-likeness (QED) is 0.786. The molecule has 0 unspecified atom stereocenters. The van der Waals surface area contributed by atoms with E-state index in [-0.39, 0.29) is 10.7 Å². The highest BCUT2D eigenvalue weighted by molar-refractivity contribution is 7.14. The van der Waals surface area contributed by atoms with Gasteiger partial charge in [-0.05, 0) is 43.3 Å². The van der Waals surface area contributed by atoms with Gasteiger partial charge in [0, 0.05) is 12.6 Å². The van der Waals surface area contributed by atoms with Crippen LogP contribution in [0.2, 0.25) is 0 Å². The summed E-state index contributed by atoms with van der Waals surface area (Å²) in [5, 5.41) is 17.8. The minimum Gasteiger partial charge on any atom is -0.477 e. The normalized spacial score (nSPS) is 11.3. The number of hydrogen-bond donors (Lipinski definition) is 1. The van der Waals surface area contributed by atoms with Gasteiger partial charge < -0.3 is 5.11 Å². The molecule has 0 saturated carbocycles. The molecule has 0 radical (unpaired) electrons. The Bertz CT molecular complexity index is 928. The summed E-state index contributed by atoms with van der Waals surface area (Å²) in [6, 6.07) is 5.99. The lowest BCUT2D eigenvalue weighted by molar-refractivity contribution is 0.0701. The summed E-state index contributed by atoms with van der Waals surface area (Å²) in [6.45, 7) is 1.66. The Balaban J connectivity index is 1.96. The van der Waals surface area contributed by atoms with Crippen molar-refractivity contribution in [3.8, 4) is 11.3 Å². The zero-order chi connectivity index (χ0) is 17.3. The lowest BCUT2D eigenvalue weighted by Crippen LogP contribution is -1.94. The maximum atomic E-state index is 13.1. The molecule has 3 aromatic rings. The molecule has 0 fully saturated rings. The maximum absolute atomic E-state index is 13.1. The summed E-state index contributed by atoms with van der Waals surface area (Å²) in [6.07, 6.45) is 3.48. The highest BCUT2D eigenvalue weighted by Gasteiger charge is 2.14. The van der Waals surface area contributed by atoms with Gasteiger partial charge in [0.15, 0.2) is 0 Å². The number of thiazole rings is 1. The fraction of sp³-hybridized carbons (Fsp3) is 0.125. The molecule has 6 nitrogen and oxygen atoms in total. The van der Waals surface area contributed by atoms with Gasteiger partial charge in [0.2, 0.25) is 0 Å². The third-order valence-corrected chi connectivity index (χ3v) is 4.49. The molecule has 0 saturated heterocycles. The van der Waals surface area contributed by atoms with Crippen LogP contribution in [-0.4, -0.2) is 31.1 Å². The van der Waals surface area contributed by atoms with Crippen molar-refractivity contribution in [2.24, 2.45) is 7.05 Å². The number of aryl methyl sites for hydroxylation is 2. The lowest BCUT2D eigenvalue weighted by atomic mass is 10.1. The summed E-state index contributed by atoms with van der Waals surface area (Å²) in [5.41, 5.74) is 2.55. The van der Waals surface area contributed by atoms with Gasteiger partial charge in [-0.25, -0.2) is 18.9 Å². The van der Waals surface area contributed by atoms with Crippen molar-refractivity contribution in [1.29, 1.82) is 0 Å². The SMILES string of the molecule is Cc1nc(C=Cc2c(-c3ccc(F)cc3)nnn2C)sc1C(=O)O. The van der Waals surface area contributed by atoms with Crippen molar-refractivity contribution < 1.29 is 14.3 Å². The lowest BCUT2D eigenvalue weighted by Gasteiger charge is -1.99. The number of hydrogen-bond acceptors (Lipinski definition) is 5. The first-order valence-corrected chi connectivity index (χ1v) is 7.82. The van der Waals surface area contributed by atoms with E-state index in [1.807, 2.05) is 0 Å². The van der Waals surface area contributed by atoms with Crippen LogP contribution < -0.4 is 0 Å². The standard InChI is InChI=1S/C16H13FN4O2S/c1-9-15(16(22)23)24-13(18-9)8-7-12-14(19-20-21(12)2)10-3-5-11(17)6-4-10/h3-8H,1-2H3,(H,22,23). The van der Waals surface area contributed by atoms with Crippen molar-refractivity contribution in [3.05, 3.63) is 51.4 Å². The monoisotopic (exact) mass is 344 g/mol. The van der Waals surface area contributed by atoms with Crippen LogP contribution in [-0.2, 0) is 7.05 Å². The van der Waals surface area contributed by atoms with Crippen LogP contribution >= 0.6 is 11.3 Å². The van der Waals surface area contributed by atoms with Crippen molar-refractivity contribution in [3.63, 3.8) is 0 Å². The largest absolute Gasteiger partial charge is 0.477 e. The molecule has 24 heavy (non-hydrogen) atoms. The highest BCUT2D eigenvalue weighted by Crippen LogP contribution is 2.24. The molecule has 0 amide bonds. The van der Waals surface area contributed by atoms with E-state index in [0.717, 1.165) is 16.9 Å². The van der Waals surface area contributed by atoms with Crippen LogP contribution in [0.3, 0.4) is 0 Å². The Morgan fingerprint density at radius 1 is 1.29 bits per heavy atom. The third-order valence-electron chi connectivity index (χ3n) is 3.38. The number of carbonyl (C=O) groups is 1. The first-order chi connectivity index (χ1) is 11.5. The fourth-order valence-electron chi connectivity index (χ4n) is 2.20. The molecule has 0 atom stereocenters. The van der Waals surface area contributed by atoms with E-state index in [9.17, 15) is 9.18 Å². The van der Waals surface area contributed by atoms with E-state index in [4.69, 9.17) is 5.11 Å². The number of aromatic nitrogens is 4. The first kappa shape index (κ1) is 16.0. The van der Waals surface area contributed by atoms with Crippen LogP contribution in [0.25, 0.3) is 23.4 Å². The molecule has 2 heterocycles. The predicted octanol–water partition coefficient (Wildman–Crippen LogP) is 3.25. The molecule has 0 aliphatic rings. The molecular formula is C16H13FN4O2S. The summed E-state index contributed by atoms with van der Waals surface area (Å²) >= 11 is 1.10. The summed E-state index contributed by atoms with van der Waals surface area (Å²) in [4.78, 5) is 15.5. The van der Waals surface area contributed by atoms with Gasteiger partial charge in [-0.1, -0.05) is 5.21 Å². The molecule has 1 aromatic carbocycles. The number of halogens is 1. The molecule has 122 valence electrons. The molecule has 0 aliphatic carbocycles. The molecule has 8 heteroatoms. The van der Waals surface area contributed by atoms with Crippen molar-refractivity contribution >= 4 is 29.5 Å². The van der Waals surface area contributed by atoms with Crippen LogP contribution in [0.15, 0.2) is 24.3 Å². The van der Waals surface area contributed by atoms with E-state index in [1.165, 1.54) is 12.1 Å². The zero-order valence-electron chi connectivity index (χ0n) is 12.9. The molecule has 1 N–H and O–H groups in total. The molecular weight excluding hydrogens is 331 g/mol. The minimum absolute atomic E-state index is 0.219. The van der Waals surface area contributed by atoms with Gasteiger partial charge in [-0.3, -0.25) is 0 Å². The molecule has 2 aromatic heterocycles. The number of benzene rings is 1. The third kappa shape index (κ3) is 3.09. The number of carboxylic acids is 1. The number of carboxylic acid groups (broad SMARTS) is 1. The van der Waals surface area contributed by atoms with Gasteiger partial charge in [0.25, 0.3) is 0 Å².